The van der Waals surface area contributed by atoms with E-state index < -0.39 is 0 Å². The Morgan fingerprint density at radius 2 is 1.41 bits per heavy atom. The Balaban J connectivity index is 1.12. The van der Waals surface area contributed by atoms with E-state index >= 15 is 0 Å². The SMILES string of the molecule is COc1ccc([C@@H](C)N2C[C@H]([C@@H](C)Oc3cc(OCc4ccccc4)c(Oc4cc(OCc5ccccc5)cc5nc(C)sc45)c4nc(C)sc34)CC2=O)cc1. The smallest absolute Gasteiger partial charge is 0.223 e. The Labute approximate surface area is 334 Å². The molecule has 286 valence electrons. The first-order valence-corrected chi connectivity index (χ1v) is 20.3. The fraction of sp³-hybridized carbons (Fsp3) is 0.267. The molecule has 8 rings (SSSR count). The van der Waals surface area contributed by atoms with Gasteiger partial charge in [0.25, 0.3) is 0 Å². The molecule has 0 unspecified atom stereocenters. The topological polar surface area (TPSA) is 92.2 Å². The van der Waals surface area contributed by atoms with Gasteiger partial charge < -0.3 is 28.6 Å². The minimum atomic E-state index is -0.274. The Hall–Kier alpha value is -5.65. The van der Waals surface area contributed by atoms with Crippen molar-refractivity contribution in [2.24, 2.45) is 5.92 Å². The third-order valence-electron chi connectivity index (χ3n) is 10.1. The highest BCUT2D eigenvalue weighted by molar-refractivity contribution is 7.19. The van der Waals surface area contributed by atoms with Gasteiger partial charge in [0.15, 0.2) is 17.2 Å². The molecule has 1 amide bonds. The maximum atomic E-state index is 13.4. The summed E-state index contributed by atoms with van der Waals surface area (Å²) in [6.45, 7) is 9.37. The van der Waals surface area contributed by atoms with Crippen LogP contribution in [0.2, 0.25) is 0 Å². The van der Waals surface area contributed by atoms with Gasteiger partial charge in [-0.25, -0.2) is 9.97 Å². The van der Waals surface area contributed by atoms with Crippen molar-refractivity contribution in [3.05, 3.63) is 130 Å². The van der Waals surface area contributed by atoms with Gasteiger partial charge in [-0.15, -0.1) is 22.7 Å². The van der Waals surface area contributed by atoms with Crippen molar-refractivity contribution in [1.82, 2.24) is 14.9 Å². The molecule has 7 aromatic rings. The predicted octanol–water partition coefficient (Wildman–Crippen LogP) is 10.9. The molecule has 1 aliphatic rings. The molecule has 3 atom stereocenters. The average molecular weight is 786 g/mol. The molecule has 3 heterocycles. The summed E-state index contributed by atoms with van der Waals surface area (Å²) in [5, 5.41) is 1.78. The van der Waals surface area contributed by atoms with Crippen molar-refractivity contribution in [3.63, 3.8) is 0 Å². The third kappa shape index (κ3) is 8.01. The maximum absolute atomic E-state index is 13.4. The summed E-state index contributed by atoms with van der Waals surface area (Å²) >= 11 is 3.10. The first-order chi connectivity index (χ1) is 27.2. The summed E-state index contributed by atoms with van der Waals surface area (Å²) < 4.78 is 33.7. The van der Waals surface area contributed by atoms with E-state index in [0.717, 1.165) is 47.4 Å². The second-order valence-electron chi connectivity index (χ2n) is 14.0. The van der Waals surface area contributed by atoms with E-state index in [2.05, 4.69) is 6.92 Å². The van der Waals surface area contributed by atoms with E-state index in [1.165, 1.54) is 0 Å². The minimum absolute atomic E-state index is 0.0154. The van der Waals surface area contributed by atoms with E-state index in [4.69, 9.17) is 33.7 Å². The number of thiazole rings is 2. The lowest BCUT2D eigenvalue weighted by atomic mass is 10.0. The van der Waals surface area contributed by atoms with Crippen molar-refractivity contribution in [3.8, 4) is 34.5 Å². The number of benzene rings is 5. The lowest BCUT2D eigenvalue weighted by Gasteiger charge is -2.27. The molecule has 5 aromatic carbocycles. The van der Waals surface area contributed by atoms with Crippen molar-refractivity contribution in [1.29, 1.82) is 0 Å². The second kappa shape index (κ2) is 16.2. The predicted molar refractivity (Wildman–Crippen MR) is 222 cm³/mol. The Bertz CT molecular complexity index is 2470. The molecular weight excluding hydrogens is 743 g/mol. The van der Waals surface area contributed by atoms with Crippen LogP contribution in [-0.2, 0) is 18.0 Å². The van der Waals surface area contributed by atoms with Crippen LogP contribution in [0.4, 0.5) is 0 Å². The van der Waals surface area contributed by atoms with Crippen LogP contribution in [0.1, 0.15) is 53.0 Å². The lowest BCUT2D eigenvalue weighted by molar-refractivity contribution is -0.129. The van der Waals surface area contributed by atoms with Crippen molar-refractivity contribution in [2.75, 3.05) is 13.7 Å². The summed E-state index contributed by atoms with van der Waals surface area (Å²) in [6, 6.07) is 33.7. The van der Waals surface area contributed by atoms with Crippen LogP contribution in [0.5, 0.6) is 34.5 Å². The minimum Gasteiger partial charge on any atom is -0.497 e. The van der Waals surface area contributed by atoms with Gasteiger partial charge in [0, 0.05) is 37.1 Å². The van der Waals surface area contributed by atoms with Crippen molar-refractivity contribution in [2.45, 2.75) is 59.5 Å². The standard InChI is InChI=1S/C45H43N3O6S2/c1-27(33-16-18-35(50-5)19-17-33)48-24-34(20-41(48)49)28(2)53-40-23-38(52-26-32-14-10-7-11-15-32)43(42-45(40)56-30(4)47-42)54-39-22-36(21-37-44(39)55-29(3)46-37)51-25-31-12-8-6-9-13-31/h6-19,21-23,27-28,34H,20,24-26H2,1-5H3/t27-,28-,34-/m1/s1. The summed E-state index contributed by atoms with van der Waals surface area (Å²) in [6.07, 6.45) is 0.127. The molecule has 11 heteroatoms. The van der Waals surface area contributed by atoms with E-state index in [1.807, 2.05) is 129 Å². The number of fused-ring (bicyclic) bond motifs is 2. The molecule has 1 fully saturated rings. The van der Waals surface area contributed by atoms with Gasteiger partial charge in [-0.2, -0.15) is 0 Å². The fourth-order valence-electron chi connectivity index (χ4n) is 7.05. The summed E-state index contributed by atoms with van der Waals surface area (Å²) in [5.74, 6) is 3.76. The highest BCUT2D eigenvalue weighted by atomic mass is 32.1. The largest absolute Gasteiger partial charge is 0.497 e. The lowest BCUT2D eigenvalue weighted by Crippen LogP contribution is -2.31. The van der Waals surface area contributed by atoms with Gasteiger partial charge in [-0.1, -0.05) is 72.8 Å². The molecule has 0 bridgehead atoms. The zero-order valence-electron chi connectivity index (χ0n) is 32.0. The van der Waals surface area contributed by atoms with E-state index in [-0.39, 0.29) is 24.0 Å². The van der Waals surface area contributed by atoms with E-state index in [1.54, 1.807) is 29.8 Å². The average Bonchev–Trinajstić information content (AvgIpc) is 3.93. The second-order valence-corrected chi connectivity index (χ2v) is 16.5. The quantitative estimate of drug-likeness (QED) is 0.108. The number of carbonyl (C=O) groups is 1. The maximum Gasteiger partial charge on any atom is 0.223 e. The molecule has 0 saturated carbocycles. The molecule has 0 radical (unpaired) electrons. The third-order valence-corrected chi connectivity index (χ3v) is 12.1. The van der Waals surface area contributed by atoms with Crippen LogP contribution >= 0.6 is 22.7 Å². The number of hydrogen-bond acceptors (Lipinski definition) is 10. The molecule has 0 N–H and O–H groups in total. The Kier molecular flexibility index (Phi) is 10.8. The molecule has 56 heavy (non-hydrogen) atoms. The number of aromatic nitrogens is 2. The van der Waals surface area contributed by atoms with Gasteiger partial charge >= 0.3 is 0 Å². The number of carbonyl (C=O) groups excluding carboxylic acids is 1. The number of ether oxygens (including phenoxy) is 5. The van der Waals surface area contributed by atoms with Gasteiger partial charge in [0.2, 0.25) is 5.91 Å². The normalized spacial score (nSPS) is 15.3. The molecule has 1 saturated heterocycles. The van der Waals surface area contributed by atoms with Crippen molar-refractivity contribution >= 4 is 49.0 Å². The van der Waals surface area contributed by atoms with Crippen LogP contribution in [0.3, 0.4) is 0 Å². The van der Waals surface area contributed by atoms with Crippen LogP contribution in [0.25, 0.3) is 20.4 Å². The molecule has 0 aliphatic carbocycles. The first kappa shape index (κ1) is 37.3. The molecule has 9 nitrogen and oxygen atoms in total. The van der Waals surface area contributed by atoms with Gasteiger partial charge in [0.1, 0.15) is 46.8 Å². The molecule has 0 spiro atoms. The van der Waals surface area contributed by atoms with E-state index in [0.29, 0.717) is 60.4 Å². The first-order valence-electron chi connectivity index (χ1n) is 18.7. The molecular formula is C45H43N3O6S2. The van der Waals surface area contributed by atoms with Crippen LogP contribution in [-0.4, -0.2) is 40.5 Å². The fourth-order valence-corrected chi connectivity index (χ4v) is 8.77. The van der Waals surface area contributed by atoms with E-state index in [9.17, 15) is 4.79 Å². The highest BCUT2D eigenvalue weighted by Crippen LogP contribution is 2.48. The number of hydrogen-bond donors (Lipinski definition) is 0. The number of methoxy groups -OCH3 is 1. The summed E-state index contributed by atoms with van der Waals surface area (Å²) in [4.78, 5) is 25.1. The summed E-state index contributed by atoms with van der Waals surface area (Å²) in [7, 11) is 1.65. The monoisotopic (exact) mass is 785 g/mol. The Morgan fingerprint density at radius 1 is 0.750 bits per heavy atom. The highest BCUT2D eigenvalue weighted by Gasteiger charge is 2.37. The van der Waals surface area contributed by atoms with Crippen LogP contribution in [0.15, 0.2) is 103 Å². The van der Waals surface area contributed by atoms with Crippen LogP contribution in [0, 0.1) is 19.8 Å². The van der Waals surface area contributed by atoms with Gasteiger partial charge in [-0.05, 0) is 56.5 Å². The van der Waals surface area contributed by atoms with Crippen LogP contribution < -0.4 is 23.7 Å². The number of amides is 1. The number of nitrogens with zero attached hydrogens (tertiary/aromatic N) is 3. The zero-order chi connectivity index (χ0) is 38.8. The Morgan fingerprint density at radius 3 is 2.11 bits per heavy atom. The van der Waals surface area contributed by atoms with Crippen molar-refractivity contribution < 1.29 is 28.5 Å². The summed E-state index contributed by atoms with van der Waals surface area (Å²) in [5.41, 5.74) is 4.57. The molecule has 2 aromatic heterocycles. The van der Waals surface area contributed by atoms with Gasteiger partial charge in [0.05, 0.1) is 33.4 Å². The number of likely N-dealkylation sites (tertiary alicyclic amines) is 1. The number of aryl methyl sites for hydroxylation is 2. The zero-order valence-corrected chi connectivity index (χ0v) is 33.6. The molecule has 1 aliphatic heterocycles. The number of rotatable bonds is 14. The van der Waals surface area contributed by atoms with Gasteiger partial charge in [-0.3, -0.25) is 4.79 Å².